The predicted molar refractivity (Wildman–Crippen MR) is 68.2 cm³/mol. The molecule has 2 N–H and O–H groups in total. The number of hydrogen-bond acceptors (Lipinski definition) is 3. The van der Waals surface area contributed by atoms with Crippen LogP contribution in [0.1, 0.15) is 16.8 Å². The molecule has 6 heteroatoms. The Labute approximate surface area is 109 Å². The standard InChI is InChI=1S/C9H10Br2N2OS/c10-7-3-6(8(11)15-7)9(14)13-2-1-5(12)4-13/h3,5H,1-2,4,12H2/t5-/m1/s1. The lowest BCUT2D eigenvalue weighted by Gasteiger charge is -2.14. The number of carbonyl (C=O) groups is 1. The molecule has 1 atom stereocenters. The second kappa shape index (κ2) is 4.53. The Morgan fingerprint density at radius 3 is 2.80 bits per heavy atom. The summed E-state index contributed by atoms with van der Waals surface area (Å²) >= 11 is 8.27. The van der Waals surface area contributed by atoms with Crippen molar-refractivity contribution in [2.45, 2.75) is 12.5 Å². The Morgan fingerprint density at radius 1 is 1.60 bits per heavy atom. The topological polar surface area (TPSA) is 46.3 Å². The molecule has 1 aliphatic rings. The zero-order valence-electron chi connectivity index (χ0n) is 7.87. The van der Waals surface area contributed by atoms with Crippen molar-refractivity contribution in [2.75, 3.05) is 13.1 Å². The first-order valence-electron chi connectivity index (χ1n) is 4.57. The van der Waals surface area contributed by atoms with E-state index in [0.29, 0.717) is 6.54 Å². The van der Waals surface area contributed by atoms with Gasteiger partial charge in [-0.2, -0.15) is 0 Å². The SMILES string of the molecule is N[C@@H]1CCN(C(=O)c2cc(Br)sc2Br)C1. The summed E-state index contributed by atoms with van der Waals surface area (Å²) in [6.45, 7) is 1.43. The maximum Gasteiger partial charge on any atom is 0.255 e. The highest BCUT2D eigenvalue weighted by molar-refractivity contribution is 9.12. The van der Waals surface area contributed by atoms with Crippen molar-refractivity contribution < 1.29 is 4.79 Å². The fourth-order valence-electron chi connectivity index (χ4n) is 1.63. The van der Waals surface area contributed by atoms with E-state index >= 15 is 0 Å². The number of likely N-dealkylation sites (tertiary alicyclic amines) is 1. The highest BCUT2D eigenvalue weighted by Crippen LogP contribution is 2.33. The largest absolute Gasteiger partial charge is 0.337 e. The minimum atomic E-state index is 0.0665. The maximum absolute atomic E-state index is 12.1. The van der Waals surface area contributed by atoms with Crippen LogP contribution in [0, 0.1) is 0 Å². The molecule has 2 heterocycles. The van der Waals surface area contributed by atoms with Crippen molar-refractivity contribution in [3.05, 3.63) is 19.2 Å². The molecule has 1 amide bonds. The summed E-state index contributed by atoms with van der Waals surface area (Å²) in [6, 6.07) is 1.98. The molecule has 1 fully saturated rings. The van der Waals surface area contributed by atoms with Crippen molar-refractivity contribution in [3.8, 4) is 0 Å². The third kappa shape index (κ3) is 2.43. The normalized spacial score (nSPS) is 21.0. The molecule has 0 aliphatic carbocycles. The van der Waals surface area contributed by atoms with E-state index in [9.17, 15) is 4.79 Å². The van der Waals surface area contributed by atoms with Crippen LogP contribution in [0.25, 0.3) is 0 Å². The molecule has 0 unspecified atom stereocenters. The lowest BCUT2D eigenvalue weighted by Crippen LogP contribution is -2.31. The third-order valence-electron chi connectivity index (χ3n) is 2.40. The van der Waals surface area contributed by atoms with E-state index in [1.807, 2.05) is 11.0 Å². The Kier molecular flexibility index (Phi) is 3.49. The van der Waals surface area contributed by atoms with Crippen LogP contribution in [-0.2, 0) is 0 Å². The lowest BCUT2D eigenvalue weighted by atomic mass is 10.3. The van der Waals surface area contributed by atoms with Crippen LogP contribution in [0.5, 0.6) is 0 Å². The van der Waals surface area contributed by atoms with E-state index in [1.165, 1.54) is 11.3 Å². The van der Waals surface area contributed by atoms with Gasteiger partial charge in [-0.25, -0.2) is 0 Å². The van der Waals surface area contributed by atoms with E-state index in [-0.39, 0.29) is 11.9 Å². The van der Waals surface area contributed by atoms with Gasteiger partial charge in [0, 0.05) is 19.1 Å². The van der Waals surface area contributed by atoms with E-state index in [4.69, 9.17) is 5.73 Å². The third-order valence-corrected chi connectivity index (χ3v) is 4.74. The number of nitrogens with two attached hydrogens (primary N) is 1. The van der Waals surface area contributed by atoms with Crippen molar-refractivity contribution in [3.63, 3.8) is 0 Å². The molecule has 15 heavy (non-hydrogen) atoms. The molecule has 0 bridgehead atoms. The zero-order chi connectivity index (χ0) is 11.0. The lowest BCUT2D eigenvalue weighted by molar-refractivity contribution is 0.0790. The van der Waals surface area contributed by atoms with Gasteiger partial charge < -0.3 is 10.6 Å². The van der Waals surface area contributed by atoms with E-state index in [0.717, 1.165) is 26.1 Å². The molecular formula is C9H10Br2N2OS. The van der Waals surface area contributed by atoms with Gasteiger partial charge in [-0.15, -0.1) is 11.3 Å². The maximum atomic E-state index is 12.1. The summed E-state index contributed by atoms with van der Waals surface area (Å²) in [4.78, 5) is 13.9. The number of thiophene rings is 1. The zero-order valence-corrected chi connectivity index (χ0v) is 11.9. The predicted octanol–water partition coefficient (Wildman–Crippen LogP) is 2.45. The van der Waals surface area contributed by atoms with Gasteiger partial charge in [-0.05, 0) is 44.3 Å². The number of rotatable bonds is 1. The molecule has 1 saturated heterocycles. The van der Waals surface area contributed by atoms with Gasteiger partial charge >= 0.3 is 0 Å². The summed E-state index contributed by atoms with van der Waals surface area (Å²) in [7, 11) is 0. The first-order chi connectivity index (χ1) is 7.08. The van der Waals surface area contributed by atoms with Crippen LogP contribution in [-0.4, -0.2) is 29.9 Å². The average Bonchev–Trinajstić information content (AvgIpc) is 2.71. The number of hydrogen-bond donors (Lipinski definition) is 1. The Hall–Kier alpha value is 0.0900. The van der Waals surface area contributed by atoms with Gasteiger partial charge in [-0.3, -0.25) is 4.79 Å². The van der Waals surface area contributed by atoms with Crippen molar-refractivity contribution in [1.29, 1.82) is 0 Å². The molecule has 0 aromatic carbocycles. The quantitative estimate of drug-likeness (QED) is 0.842. The van der Waals surface area contributed by atoms with Gasteiger partial charge in [0.15, 0.2) is 0 Å². The van der Waals surface area contributed by atoms with Crippen LogP contribution in [0.15, 0.2) is 13.6 Å². The Morgan fingerprint density at radius 2 is 2.33 bits per heavy atom. The summed E-state index contributed by atoms with van der Waals surface area (Å²) in [5, 5.41) is 0. The fourth-order valence-corrected chi connectivity index (χ4v) is 4.41. The van der Waals surface area contributed by atoms with Gasteiger partial charge in [0.2, 0.25) is 0 Å². The summed E-state index contributed by atoms with van der Waals surface area (Å²) in [5.41, 5.74) is 6.50. The number of halogens is 2. The van der Waals surface area contributed by atoms with Crippen molar-refractivity contribution in [1.82, 2.24) is 4.90 Å². The van der Waals surface area contributed by atoms with Gasteiger partial charge in [0.1, 0.15) is 0 Å². The minimum absolute atomic E-state index is 0.0665. The minimum Gasteiger partial charge on any atom is -0.337 e. The molecule has 1 aromatic heterocycles. The molecule has 0 saturated carbocycles. The molecule has 3 nitrogen and oxygen atoms in total. The van der Waals surface area contributed by atoms with Crippen LogP contribution < -0.4 is 5.73 Å². The molecule has 0 spiro atoms. The highest BCUT2D eigenvalue weighted by atomic mass is 79.9. The van der Waals surface area contributed by atoms with Crippen LogP contribution in [0.2, 0.25) is 0 Å². The smallest absolute Gasteiger partial charge is 0.255 e. The highest BCUT2D eigenvalue weighted by Gasteiger charge is 2.26. The molecule has 1 aliphatic heterocycles. The second-order valence-electron chi connectivity index (χ2n) is 3.54. The Bertz CT molecular complexity index is 393. The van der Waals surface area contributed by atoms with Crippen LogP contribution in [0.4, 0.5) is 0 Å². The van der Waals surface area contributed by atoms with Gasteiger partial charge in [0.05, 0.1) is 13.1 Å². The van der Waals surface area contributed by atoms with Crippen LogP contribution in [0.3, 0.4) is 0 Å². The average molecular weight is 354 g/mol. The van der Waals surface area contributed by atoms with E-state index in [2.05, 4.69) is 31.9 Å². The molecule has 2 rings (SSSR count). The second-order valence-corrected chi connectivity index (χ2v) is 7.29. The van der Waals surface area contributed by atoms with Crippen molar-refractivity contribution >= 4 is 49.1 Å². The number of amides is 1. The van der Waals surface area contributed by atoms with Gasteiger partial charge in [-0.1, -0.05) is 0 Å². The summed E-state index contributed by atoms with van der Waals surface area (Å²) in [6.07, 6.45) is 0.897. The van der Waals surface area contributed by atoms with Crippen molar-refractivity contribution in [2.24, 2.45) is 5.73 Å². The number of nitrogens with zero attached hydrogens (tertiary/aromatic N) is 1. The first kappa shape index (κ1) is 11.6. The molecule has 82 valence electrons. The fraction of sp³-hybridized carbons (Fsp3) is 0.444. The van der Waals surface area contributed by atoms with Crippen LogP contribution >= 0.6 is 43.2 Å². The molecule has 0 radical (unpaired) electrons. The van der Waals surface area contributed by atoms with E-state index < -0.39 is 0 Å². The first-order valence-corrected chi connectivity index (χ1v) is 6.98. The Balaban J connectivity index is 2.17. The number of carbonyl (C=O) groups excluding carboxylic acids is 1. The molecule has 1 aromatic rings. The molecular weight excluding hydrogens is 344 g/mol. The van der Waals surface area contributed by atoms with Gasteiger partial charge in [0.25, 0.3) is 5.91 Å². The summed E-state index contributed by atoms with van der Waals surface area (Å²) < 4.78 is 1.83. The summed E-state index contributed by atoms with van der Waals surface area (Å²) in [5.74, 6) is 0.0665. The van der Waals surface area contributed by atoms with E-state index in [1.54, 1.807) is 0 Å². The monoisotopic (exact) mass is 352 g/mol.